The van der Waals surface area contributed by atoms with Crippen molar-refractivity contribution >= 4 is 5.78 Å². The Morgan fingerprint density at radius 3 is 1.12 bits per heavy atom. The van der Waals surface area contributed by atoms with Gasteiger partial charge in [0.05, 0.1) is 42.7 Å². The van der Waals surface area contributed by atoms with Crippen molar-refractivity contribution in [1.82, 2.24) is 0 Å². The van der Waals surface area contributed by atoms with Gasteiger partial charge in [-0.05, 0) is 471 Å². The van der Waals surface area contributed by atoms with Crippen molar-refractivity contribution < 1.29 is 40.2 Å². The highest BCUT2D eigenvalue weighted by Crippen LogP contribution is 2.79. The van der Waals surface area contributed by atoms with Gasteiger partial charge in [-0.15, -0.1) is 0 Å². The lowest BCUT2D eigenvalue weighted by molar-refractivity contribution is -0.174. The van der Waals surface area contributed by atoms with Crippen LogP contribution in [0, 0.1) is 232 Å². The quantitative estimate of drug-likeness (QED) is 0.0887. The number of ether oxygens (including phenoxy) is 1. The number of carbonyl (C=O) groups is 1. The number of rotatable bonds is 15. The zero-order valence-corrected chi connectivity index (χ0v) is 87.9. The van der Waals surface area contributed by atoms with E-state index in [4.69, 9.17) is 4.74 Å². The van der Waals surface area contributed by atoms with E-state index in [0.29, 0.717) is 79.9 Å². The van der Waals surface area contributed by atoms with E-state index in [9.17, 15) is 35.4 Å². The lowest BCUT2D eigenvalue weighted by Crippen LogP contribution is -2.60. The summed E-state index contributed by atoms with van der Waals surface area (Å²) in [5.74, 6) is 24.4. The zero-order valence-electron chi connectivity index (χ0n) is 87.9. The summed E-state index contributed by atoms with van der Waals surface area (Å²) in [6.45, 7) is 52.0. The molecule has 6 N–H and O–H groups in total. The second-order valence-corrected chi connectivity index (χ2v) is 56.3. The van der Waals surface area contributed by atoms with Gasteiger partial charge >= 0.3 is 0 Å². The Kier molecular flexibility index (Phi) is 30.6. The number of Topliss-reactive ketones (excluding diaryl/α,β-unsaturated/α-hetero) is 1. The fourth-order valence-electron chi connectivity index (χ4n) is 44.7. The summed E-state index contributed by atoms with van der Waals surface area (Å²) in [4.78, 5) is 13.6. The van der Waals surface area contributed by atoms with Gasteiger partial charge in [-0.2, -0.15) is 0 Å². The van der Waals surface area contributed by atoms with Crippen molar-refractivity contribution in [2.75, 3.05) is 0 Å². The van der Waals surface area contributed by atoms with Gasteiger partial charge in [0.15, 0.2) is 0 Å². The van der Waals surface area contributed by atoms with Crippen LogP contribution in [0.1, 0.15) is 480 Å². The van der Waals surface area contributed by atoms with Crippen LogP contribution in [-0.4, -0.2) is 84.8 Å². The number of epoxide rings is 1. The number of hydrogen-bond acceptors (Lipinski definition) is 8. The van der Waals surface area contributed by atoms with Crippen LogP contribution >= 0.6 is 0 Å². The van der Waals surface area contributed by atoms with Gasteiger partial charge in [-0.25, -0.2) is 0 Å². The Balaban J connectivity index is 0.000000119. The van der Waals surface area contributed by atoms with Crippen LogP contribution in [0.3, 0.4) is 0 Å². The summed E-state index contributed by atoms with van der Waals surface area (Å²) in [6.07, 6.45) is 65.3. The molecule has 1 heterocycles. The van der Waals surface area contributed by atoms with Gasteiger partial charge in [0.2, 0.25) is 0 Å². The largest absolute Gasteiger partial charge is 0.393 e. The molecular weight excluding hydrogens is 1590 g/mol. The first-order valence-corrected chi connectivity index (χ1v) is 58.5. The summed E-state index contributed by atoms with van der Waals surface area (Å²) >= 11 is 0. The van der Waals surface area contributed by atoms with Crippen LogP contribution in [0.15, 0.2) is 0 Å². The molecule has 0 bridgehead atoms. The number of carbonyl (C=O) groups excluding carboxylic acids is 1. The van der Waals surface area contributed by atoms with E-state index in [1.165, 1.54) is 250 Å². The van der Waals surface area contributed by atoms with Crippen molar-refractivity contribution in [2.45, 2.75) is 529 Å². The lowest BCUT2D eigenvalue weighted by Gasteiger charge is -2.62. The number of fused-ring (bicyclic) bond motifs is 23. The fraction of sp³-hybridized carbons (Fsp3) is 0.992. The van der Waals surface area contributed by atoms with Gasteiger partial charge in [-0.3, -0.25) is 4.79 Å². The third-order valence-corrected chi connectivity index (χ3v) is 51.3. The molecule has 0 aromatic carbocycles. The normalized spacial score (nSPS) is 54.5. The first-order chi connectivity index (χ1) is 61.2. The molecule has 21 aliphatic rings. The molecule has 48 atom stereocenters. The highest BCUT2D eigenvalue weighted by Gasteiger charge is 2.80. The highest BCUT2D eigenvalue weighted by atomic mass is 16.6. The predicted octanol–water partition coefficient (Wildman–Crippen LogP) is 30.4. The van der Waals surface area contributed by atoms with Crippen LogP contribution in [0.5, 0.6) is 0 Å². The van der Waals surface area contributed by atoms with E-state index in [-0.39, 0.29) is 77.2 Å². The van der Waals surface area contributed by atoms with Gasteiger partial charge in [0, 0.05) is 17.8 Å². The molecule has 1 saturated heterocycles. The smallest absolute Gasteiger partial charge is 0.137 e. The fourth-order valence-corrected chi connectivity index (χ4v) is 44.7. The molecule has 21 fully saturated rings. The molecule has 8 nitrogen and oxygen atoms in total. The maximum atomic E-state index is 13.6. The average Bonchev–Trinajstić information content (AvgIpc) is 1.48. The van der Waals surface area contributed by atoms with Gasteiger partial charge in [0.1, 0.15) is 11.4 Å². The van der Waals surface area contributed by atoms with E-state index < -0.39 is 0 Å². The molecule has 748 valence electrons. The minimum atomic E-state index is -0.126. The van der Waals surface area contributed by atoms with Gasteiger partial charge < -0.3 is 35.4 Å². The standard InChI is InChI=1S/C25H44O.2C24H40O2.C24H42O2.C24H42O.CH4/c1-6-7-17(3)20-10-11-21-19-9-8-18-14-16(2)12-13-24(18,4)22(19)15-23(26)25(20,21)5;1-5-6-15(2)18-9-10-19-20-8-7-16-13-17(25)11-12-23(16,4)24(20)21(26-24)14-22(18,19)3;1-5-6-15(2)19-9-10-20-18-8-7-16-13-17(25)11-12-23(16,3)22(18)21(26)14-24(19,20)4;1-5-6-15(2)19-9-10-20-18-8-7-16-13-17(25)11-12-23(16,3)21(18)14-22(26)24(19,20)4;1-5-6-16(2)20-9-10-21-19-8-7-17-15-18(25)11-13-23(17,3)22(19)12-14-24(20,21)4;/h16-23,26H,6-15H2,1-5H3;15-21,25H,5-14H2,1-4H3;15-20,22,25H,5-14H2,1-4H3;15-22,25-26H,5-14H2,1-4H3;16-22,25H,5-15H2,1-4H3;1H4/t16-,17-,18-,19?,20?,21?,22?,23+,24+,25-;15-,16-,17-,18?,19?,20?,21-,22-,23+,24+;15-,16-,17-,18?,19?,20?,22?,23+,24-;15-,16-,17-,18?,19?,20?,21?,22-,23+,24-;16-,17-,18-,19?,20?,21?,22?,23+,24-;/m11111./s1. The van der Waals surface area contributed by atoms with E-state index in [1.807, 2.05) is 0 Å². The monoisotopic (exact) mass is 1810 g/mol. The first kappa shape index (κ1) is 102. The second kappa shape index (κ2) is 38.9. The van der Waals surface area contributed by atoms with Crippen LogP contribution < -0.4 is 0 Å². The Labute approximate surface area is 801 Å². The van der Waals surface area contributed by atoms with Gasteiger partial charge in [-0.1, -0.05) is 223 Å². The molecule has 0 amide bonds. The van der Waals surface area contributed by atoms with Gasteiger partial charge in [0.25, 0.3) is 0 Å². The second-order valence-electron chi connectivity index (χ2n) is 56.3. The van der Waals surface area contributed by atoms with Crippen molar-refractivity contribution in [3.8, 4) is 0 Å². The summed E-state index contributed by atoms with van der Waals surface area (Å²) in [5.41, 5.74) is 3.83. The molecule has 20 aliphatic carbocycles. The van der Waals surface area contributed by atoms with Crippen LogP contribution in [0.25, 0.3) is 0 Å². The number of hydrogen-bond donors (Lipinski definition) is 6. The summed E-state index contributed by atoms with van der Waals surface area (Å²) < 4.78 is 6.79. The minimum Gasteiger partial charge on any atom is -0.393 e. The van der Waals surface area contributed by atoms with E-state index >= 15 is 0 Å². The molecule has 1 aliphatic heterocycles. The van der Waals surface area contributed by atoms with E-state index in [1.54, 1.807) is 0 Å². The Bertz CT molecular complexity index is 3650. The Morgan fingerprint density at radius 1 is 0.308 bits per heavy atom. The molecule has 1 spiro atoms. The topological polar surface area (TPSA) is 151 Å². The molecule has 0 aromatic heterocycles. The molecule has 19 unspecified atom stereocenters. The molecule has 0 aromatic rings. The number of ketones is 1. The third kappa shape index (κ3) is 16.8. The van der Waals surface area contributed by atoms with Crippen molar-refractivity contribution in [1.29, 1.82) is 0 Å². The SMILES string of the molecule is C.CCC[C@@H](C)C1CCC2C3CC[C@@H]4C[C@H](C)CC[C@]4(C)C3C[C@H](O)[C@@]21C.CCC[C@@H](C)C1CCC2C3CC[C@@H]4C[C@H](O)CC[C@]4(C)C3C(=O)C[C@@]21C.CCC[C@@H](C)C1CCC2C3CC[C@@H]4C[C@H](O)CC[C@]4(C)C3CC[C@@]21C.CCC[C@@H](C)C1CCC2C3CC[C@@H]4C[C@H](O)CC[C@]4(C)C3C[C@@H](O)[C@@]21C.CCC[C@@H](C)C1CCC2C3CC[C@@H]4C[C@H](O)CC[C@]4(C)[C@]34O[C@@H]4C[C@@]21C. The summed E-state index contributed by atoms with van der Waals surface area (Å²) in [6, 6.07) is 0. The maximum absolute atomic E-state index is 13.6. The van der Waals surface area contributed by atoms with Crippen molar-refractivity contribution in [3.63, 3.8) is 0 Å². The average molecular weight is 1810 g/mol. The number of aliphatic hydroxyl groups is 6. The van der Waals surface area contributed by atoms with Crippen LogP contribution in [-0.2, 0) is 9.53 Å². The van der Waals surface area contributed by atoms with Crippen LogP contribution in [0.4, 0.5) is 0 Å². The third-order valence-electron chi connectivity index (χ3n) is 51.3. The molecular formula is C122H212O8. The molecule has 21 rings (SSSR count). The number of aliphatic hydroxyl groups excluding tert-OH is 6. The zero-order chi connectivity index (χ0) is 92.2. The lowest BCUT2D eigenvalue weighted by atomic mass is 9.43. The molecule has 130 heavy (non-hydrogen) atoms. The Hall–Kier alpha value is -0.610. The minimum absolute atomic E-state index is 0. The maximum Gasteiger partial charge on any atom is 0.137 e. The first-order valence-electron chi connectivity index (χ1n) is 58.5. The predicted molar refractivity (Wildman–Crippen MR) is 539 cm³/mol. The van der Waals surface area contributed by atoms with E-state index in [0.717, 1.165) is 213 Å². The highest BCUT2D eigenvalue weighted by molar-refractivity contribution is 5.84. The van der Waals surface area contributed by atoms with Crippen molar-refractivity contribution in [2.24, 2.45) is 232 Å². The van der Waals surface area contributed by atoms with Crippen molar-refractivity contribution in [3.05, 3.63) is 0 Å². The van der Waals surface area contributed by atoms with E-state index in [2.05, 4.69) is 145 Å². The Morgan fingerprint density at radius 2 is 0.638 bits per heavy atom. The molecule has 8 heteroatoms. The van der Waals surface area contributed by atoms with Crippen LogP contribution in [0.2, 0.25) is 0 Å². The summed E-state index contributed by atoms with van der Waals surface area (Å²) in [5, 5.41) is 63.8. The molecule has 0 radical (unpaired) electrons. The molecule has 20 saturated carbocycles. The summed E-state index contributed by atoms with van der Waals surface area (Å²) in [7, 11) is 0.